The van der Waals surface area contributed by atoms with E-state index in [-0.39, 0.29) is 17.8 Å². The van der Waals surface area contributed by atoms with Crippen LogP contribution in [0.5, 0.6) is 0 Å². The monoisotopic (exact) mass is 390 g/mol. The molecule has 2 aromatic carbocycles. The molecule has 0 aliphatic rings. The van der Waals surface area contributed by atoms with Crippen LogP contribution in [0.15, 0.2) is 45.3 Å². The lowest BCUT2D eigenvalue weighted by molar-refractivity contribution is 0.172. The standard InChI is InChI=1S/C14H10Br2F2O/c15-9-2-1-3-12(18)14(9)13(19)7-8-4-5-11(17)10(16)6-8/h1-6,13,19H,7H2. The van der Waals surface area contributed by atoms with Gasteiger partial charge in [0.05, 0.1) is 10.6 Å². The largest absolute Gasteiger partial charge is 0.388 e. The molecule has 19 heavy (non-hydrogen) atoms. The van der Waals surface area contributed by atoms with E-state index in [0.29, 0.717) is 8.95 Å². The van der Waals surface area contributed by atoms with E-state index in [9.17, 15) is 13.9 Å². The Morgan fingerprint density at radius 2 is 1.74 bits per heavy atom. The second-order valence-electron chi connectivity index (χ2n) is 4.10. The molecular weight excluding hydrogens is 382 g/mol. The molecule has 0 spiro atoms. The van der Waals surface area contributed by atoms with Crippen LogP contribution in [0.1, 0.15) is 17.2 Å². The van der Waals surface area contributed by atoms with E-state index in [4.69, 9.17) is 0 Å². The number of halogens is 4. The fourth-order valence-corrected chi connectivity index (χ4v) is 2.85. The van der Waals surface area contributed by atoms with Crippen molar-refractivity contribution in [1.29, 1.82) is 0 Å². The number of benzene rings is 2. The third kappa shape index (κ3) is 3.41. The summed E-state index contributed by atoms with van der Waals surface area (Å²) < 4.78 is 27.6. The van der Waals surface area contributed by atoms with Crippen LogP contribution >= 0.6 is 31.9 Å². The van der Waals surface area contributed by atoms with Crippen molar-refractivity contribution in [2.75, 3.05) is 0 Å². The molecule has 0 heterocycles. The maximum absolute atomic E-state index is 13.7. The predicted octanol–water partition coefficient (Wildman–Crippen LogP) is 4.77. The Morgan fingerprint density at radius 3 is 2.37 bits per heavy atom. The van der Waals surface area contributed by atoms with Crippen molar-refractivity contribution >= 4 is 31.9 Å². The summed E-state index contributed by atoms with van der Waals surface area (Å²) in [5.41, 5.74) is 0.930. The van der Waals surface area contributed by atoms with Crippen molar-refractivity contribution in [3.63, 3.8) is 0 Å². The molecule has 1 N–H and O–H groups in total. The van der Waals surface area contributed by atoms with Crippen LogP contribution in [0.3, 0.4) is 0 Å². The van der Waals surface area contributed by atoms with Crippen LogP contribution in [0.2, 0.25) is 0 Å². The minimum absolute atomic E-state index is 0.207. The van der Waals surface area contributed by atoms with Gasteiger partial charge in [-0.25, -0.2) is 8.78 Å². The smallest absolute Gasteiger partial charge is 0.137 e. The maximum atomic E-state index is 13.7. The van der Waals surface area contributed by atoms with Gasteiger partial charge in [0.2, 0.25) is 0 Å². The first-order chi connectivity index (χ1) is 8.99. The van der Waals surface area contributed by atoms with Crippen molar-refractivity contribution in [3.05, 3.63) is 68.1 Å². The normalized spacial score (nSPS) is 12.5. The summed E-state index contributed by atoms with van der Waals surface area (Å²) in [5, 5.41) is 10.1. The number of aliphatic hydroxyl groups excluding tert-OH is 1. The zero-order valence-corrected chi connectivity index (χ0v) is 12.9. The highest BCUT2D eigenvalue weighted by Crippen LogP contribution is 2.29. The van der Waals surface area contributed by atoms with E-state index >= 15 is 0 Å². The summed E-state index contributed by atoms with van der Waals surface area (Å²) in [5.74, 6) is -0.839. The average Bonchev–Trinajstić information content (AvgIpc) is 2.33. The van der Waals surface area contributed by atoms with Gasteiger partial charge in [-0.15, -0.1) is 0 Å². The van der Waals surface area contributed by atoms with Crippen molar-refractivity contribution in [3.8, 4) is 0 Å². The minimum Gasteiger partial charge on any atom is -0.388 e. The average molecular weight is 392 g/mol. The van der Waals surface area contributed by atoms with E-state index < -0.39 is 11.9 Å². The molecule has 0 fully saturated rings. The first-order valence-electron chi connectivity index (χ1n) is 5.55. The van der Waals surface area contributed by atoms with Crippen molar-refractivity contribution < 1.29 is 13.9 Å². The fourth-order valence-electron chi connectivity index (χ4n) is 1.82. The Kier molecular flexibility index (Phi) is 4.71. The van der Waals surface area contributed by atoms with E-state index in [0.717, 1.165) is 5.56 Å². The predicted molar refractivity (Wildman–Crippen MR) is 76.9 cm³/mol. The summed E-state index contributed by atoms with van der Waals surface area (Å²) in [4.78, 5) is 0. The molecule has 5 heteroatoms. The lowest BCUT2D eigenvalue weighted by Gasteiger charge is -2.14. The van der Waals surface area contributed by atoms with Gasteiger partial charge in [0.25, 0.3) is 0 Å². The van der Waals surface area contributed by atoms with Gasteiger partial charge in [-0.3, -0.25) is 0 Å². The van der Waals surface area contributed by atoms with Gasteiger partial charge in [-0.1, -0.05) is 28.1 Å². The summed E-state index contributed by atoms with van der Waals surface area (Å²) in [6, 6.07) is 8.98. The molecule has 0 aliphatic carbocycles. The lowest BCUT2D eigenvalue weighted by Crippen LogP contribution is -2.05. The number of rotatable bonds is 3. The quantitative estimate of drug-likeness (QED) is 0.799. The Bertz CT molecular complexity index is 582. The van der Waals surface area contributed by atoms with Crippen LogP contribution in [0.25, 0.3) is 0 Å². The van der Waals surface area contributed by atoms with E-state index in [1.54, 1.807) is 24.3 Å². The molecule has 0 radical (unpaired) electrons. The van der Waals surface area contributed by atoms with Crippen LogP contribution in [0, 0.1) is 11.6 Å². The van der Waals surface area contributed by atoms with Crippen molar-refractivity contribution in [2.45, 2.75) is 12.5 Å². The highest BCUT2D eigenvalue weighted by atomic mass is 79.9. The Hall–Kier alpha value is -0.780. The number of hydrogen-bond acceptors (Lipinski definition) is 1. The number of aliphatic hydroxyl groups is 1. The van der Waals surface area contributed by atoms with Crippen molar-refractivity contribution in [2.24, 2.45) is 0 Å². The summed E-state index contributed by atoms with van der Waals surface area (Å²) in [6.45, 7) is 0. The van der Waals surface area contributed by atoms with Gasteiger partial charge in [-0.2, -0.15) is 0 Å². The van der Waals surface area contributed by atoms with Gasteiger partial charge < -0.3 is 5.11 Å². The summed E-state index contributed by atoms with van der Waals surface area (Å²) in [7, 11) is 0. The zero-order valence-electron chi connectivity index (χ0n) is 9.71. The molecule has 1 nitrogen and oxygen atoms in total. The fraction of sp³-hybridized carbons (Fsp3) is 0.143. The summed E-state index contributed by atoms with van der Waals surface area (Å²) >= 11 is 6.30. The molecule has 2 rings (SSSR count). The summed E-state index contributed by atoms with van der Waals surface area (Å²) in [6.07, 6.45) is -0.786. The maximum Gasteiger partial charge on any atom is 0.137 e. The Labute approximate surface area is 126 Å². The van der Waals surface area contributed by atoms with Crippen LogP contribution < -0.4 is 0 Å². The third-order valence-electron chi connectivity index (χ3n) is 2.75. The van der Waals surface area contributed by atoms with E-state index in [1.165, 1.54) is 12.1 Å². The van der Waals surface area contributed by atoms with E-state index in [2.05, 4.69) is 31.9 Å². The van der Waals surface area contributed by atoms with E-state index in [1.807, 2.05) is 0 Å². The van der Waals surface area contributed by atoms with Crippen LogP contribution in [-0.2, 0) is 6.42 Å². The van der Waals surface area contributed by atoms with Gasteiger partial charge in [0, 0.05) is 16.5 Å². The number of hydrogen-bond donors (Lipinski definition) is 1. The van der Waals surface area contributed by atoms with Gasteiger partial charge >= 0.3 is 0 Å². The molecule has 1 unspecified atom stereocenters. The first kappa shape index (κ1) is 14.6. The molecule has 0 bridgehead atoms. The Balaban J connectivity index is 2.25. The van der Waals surface area contributed by atoms with Gasteiger partial charge in [0.15, 0.2) is 0 Å². The molecule has 2 aromatic rings. The molecule has 0 aromatic heterocycles. The lowest BCUT2D eigenvalue weighted by atomic mass is 10.0. The van der Waals surface area contributed by atoms with Crippen molar-refractivity contribution in [1.82, 2.24) is 0 Å². The SMILES string of the molecule is OC(Cc1ccc(F)c(Br)c1)c1c(F)cccc1Br. The molecular formula is C14H10Br2F2O. The van der Waals surface area contributed by atoms with Gasteiger partial charge in [0.1, 0.15) is 11.6 Å². The molecule has 0 aliphatic heterocycles. The topological polar surface area (TPSA) is 20.2 Å². The van der Waals surface area contributed by atoms with Crippen LogP contribution in [0.4, 0.5) is 8.78 Å². The molecule has 100 valence electrons. The highest BCUT2D eigenvalue weighted by Gasteiger charge is 2.17. The molecule has 0 amide bonds. The first-order valence-corrected chi connectivity index (χ1v) is 7.13. The minimum atomic E-state index is -0.993. The second-order valence-corrected chi connectivity index (χ2v) is 5.81. The third-order valence-corrected chi connectivity index (χ3v) is 4.05. The molecule has 0 saturated heterocycles. The molecule has 1 atom stereocenters. The highest BCUT2D eigenvalue weighted by molar-refractivity contribution is 9.10. The van der Waals surface area contributed by atoms with Gasteiger partial charge in [-0.05, 0) is 45.8 Å². The Morgan fingerprint density at radius 1 is 1.00 bits per heavy atom. The van der Waals surface area contributed by atoms with Crippen LogP contribution in [-0.4, -0.2) is 5.11 Å². The second kappa shape index (κ2) is 6.11. The zero-order chi connectivity index (χ0) is 14.0. The molecule has 0 saturated carbocycles.